The Morgan fingerprint density at radius 1 is 1.03 bits per heavy atom. The number of carbonyl (C=O) groups is 3. The minimum Gasteiger partial charge on any atom is -0.497 e. The van der Waals surface area contributed by atoms with Crippen LogP contribution in [0.5, 0.6) is 5.75 Å². The van der Waals surface area contributed by atoms with Gasteiger partial charge in [0.1, 0.15) is 17.2 Å². The Morgan fingerprint density at radius 2 is 1.68 bits per heavy atom. The van der Waals surface area contributed by atoms with Gasteiger partial charge in [-0.2, -0.15) is 0 Å². The lowest BCUT2D eigenvalue weighted by molar-refractivity contribution is -0.126. The molecule has 1 aliphatic rings. The van der Waals surface area contributed by atoms with Crippen molar-refractivity contribution in [1.82, 2.24) is 4.31 Å². The topological polar surface area (TPSA) is 119 Å². The molecule has 0 saturated heterocycles. The maximum atomic E-state index is 13.0. The first-order chi connectivity index (χ1) is 14.7. The molecule has 0 unspecified atom stereocenters. The number of hydrogen-bond acceptors (Lipinski definition) is 7. The molecule has 1 aliphatic heterocycles. The molecule has 0 bridgehead atoms. The first kappa shape index (κ1) is 22.0. The van der Waals surface area contributed by atoms with Crippen molar-refractivity contribution in [2.24, 2.45) is 0 Å². The number of nitrogens with one attached hydrogen (secondary N) is 1. The van der Waals surface area contributed by atoms with Crippen molar-refractivity contribution in [2.45, 2.75) is 6.92 Å². The molecule has 0 saturated carbocycles. The largest absolute Gasteiger partial charge is 0.497 e. The van der Waals surface area contributed by atoms with Crippen molar-refractivity contribution in [3.05, 3.63) is 65.2 Å². The zero-order valence-corrected chi connectivity index (χ0v) is 17.9. The van der Waals surface area contributed by atoms with Gasteiger partial charge in [-0.1, -0.05) is 12.1 Å². The fourth-order valence-electron chi connectivity index (χ4n) is 3.16. The number of nitrogens with zero attached hydrogens (tertiary/aromatic N) is 1. The fourth-order valence-corrected chi connectivity index (χ4v) is 4.93. The number of ether oxygens (including phenoxy) is 2. The molecule has 10 heteroatoms. The van der Waals surface area contributed by atoms with E-state index in [4.69, 9.17) is 4.74 Å². The number of esters is 1. The van der Waals surface area contributed by atoms with Gasteiger partial charge < -0.3 is 14.8 Å². The van der Waals surface area contributed by atoms with Crippen LogP contribution < -0.4 is 10.1 Å². The van der Waals surface area contributed by atoms with E-state index in [9.17, 15) is 22.8 Å². The number of methoxy groups -OCH3 is 2. The first-order valence-corrected chi connectivity index (χ1v) is 10.5. The SMILES string of the molecule is COC(=O)c1ccccc1NC(=O)CN1C(=O)C(C)=C(c2ccc(OC)cc2)S1(=O)=O. The first-order valence-electron chi connectivity index (χ1n) is 9.10. The van der Waals surface area contributed by atoms with Crippen LogP contribution in [0.15, 0.2) is 54.1 Å². The highest BCUT2D eigenvalue weighted by molar-refractivity contribution is 7.99. The lowest BCUT2D eigenvalue weighted by Gasteiger charge is -2.17. The smallest absolute Gasteiger partial charge is 0.339 e. The van der Waals surface area contributed by atoms with Crippen LogP contribution in [0.25, 0.3) is 4.91 Å². The molecular weight excluding hydrogens is 424 g/mol. The number of amides is 2. The van der Waals surface area contributed by atoms with Gasteiger partial charge in [-0.25, -0.2) is 17.5 Å². The van der Waals surface area contributed by atoms with Gasteiger partial charge in [0.2, 0.25) is 5.91 Å². The molecule has 0 aliphatic carbocycles. The molecule has 2 aromatic carbocycles. The summed E-state index contributed by atoms with van der Waals surface area (Å²) in [4.78, 5) is 36.9. The molecule has 1 N–H and O–H groups in total. The van der Waals surface area contributed by atoms with Gasteiger partial charge in [0.15, 0.2) is 0 Å². The van der Waals surface area contributed by atoms with E-state index in [0.717, 1.165) is 0 Å². The number of rotatable bonds is 6. The van der Waals surface area contributed by atoms with E-state index >= 15 is 0 Å². The van der Waals surface area contributed by atoms with Gasteiger partial charge >= 0.3 is 5.97 Å². The number of benzene rings is 2. The van der Waals surface area contributed by atoms with Gasteiger partial charge in [0.05, 0.1) is 25.5 Å². The quantitative estimate of drug-likeness (QED) is 0.677. The van der Waals surface area contributed by atoms with E-state index < -0.39 is 34.4 Å². The molecule has 2 amide bonds. The van der Waals surface area contributed by atoms with Crippen molar-refractivity contribution in [1.29, 1.82) is 0 Å². The standard InChI is InChI=1S/C21H20N2O7S/c1-13-19(14-8-10-15(29-2)11-9-14)31(27,28)23(20(13)25)12-18(24)22-17-7-5-4-6-16(17)21(26)30-3/h4-11H,12H2,1-3H3,(H,22,24). The zero-order valence-electron chi connectivity index (χ0n) is 17.0. The van der Waals surface area contributed by atoms with Crippen molar-refractivity contribution in [2.75, 3.05) is 26.1 Å². The second-order valence-corrected chi connectivity index (χ2v) is 8.38. The monoisotopic (exact) mass is 444 g/mol. The molecule has 1 heterocycles. The maximum absolute atomic E-state index is 13.0. The summed E-state index contributed by atoms with van der Waals surface area (Å²) in [6.45, 7) is 0.650. The molecule has 0 atom stereocenters. The third-order valence-electron chi connectivity index (χ3n) is 4.68. The minimum atomic E-state index is -4.25. The van der Waals surface area contributed by atoms with Crippen LogP contribution in [0.2, 0.25) is 0 Å². The van der Waals surface area contributed by atoms with E-state index in [1.165, 1.54) is 45.4 Å². The van der Waals surface area contributed by atoms with Crippen LogP contribution in [-0.2, 0) is 24.3 Å². The Hall–Kier alpha value is -3.66. The normalized spacial score (nSPS) is 15.1. The van der Waals surface area contributed by atoms with Gasteiger partial charge in [-0.05, 0) is 48.9 Å². The fraction of sp³-hybridized carbons (Fsp3) is 0.190. The molecule has 0 fully saturated rings. The molecule has 0 aromatic heterocycles. The number of anilines is 1. The number of carbonyl (C=O) groups excluding carboxylic acids is 3. The number of para-hydroxylation sites is 1. The van der Waals surface area contributed by atoms with Crippen LogP contribution in [0.4, 0.5) is 5.69 Å². The predicted octanol–water partition coefficient (Wildman–Crippen LogP) is 2.02. The van der Waals surface area contributed by atoms with Crippen molar-refractivity contribution in [3.8, 4) is 5.75 Å². The molecule has 9 nitrogen and oxygen atoms in total. The maximum Gasteiger partial charge on any atom is 0.339 e. The number of sulfonamides is 1. The van der Waals surface area contributed by atoms with E-state index in [2.05, 4.69) is 10.1 Å². The van der Waals surface area contributed by atoms with Gasteiger partial charge in [0, 0.05) is 5.57 Å². The zero-order chi connectivity index (χ0) is 22.8. The lowest BCUT2D eigenvalue weighted by Crippen LogP contribution is -2.38. The molecular formula is C21H20N2O7S. The summed E-state index contributed by atoms with van der Waals surface area (Å²) >= 11 is 0. The molecule has 3 rings (SSSR count). The van der Waals surface area contributed by atoms with Crippen molar-refractivity contribution < 1.29 is 32.3 Å². The predicted molar refractivity (Wildman–Crippen MR) is 113 cm³/mol. The summed E-state index contributed by atoms with van der Waals surface area (Å²) in [6.07, 6.45) is 0. The summed E-state index contributed by atoms with van der Waals surface area (Å²) in [5.41, 5.74) is 0.559. The second-order valence-electron chi connectivity index (χ2n) is 6.58. The van der Waals surface area contributed by atoms with Crippen LogP contribution in [-0.4, -0.2) is 51.3 Å². The lowest BCUT2D eigenvalue weighted by atomic mass is 10.1. The third-order valence-corrected chi connectivity index (χ3v) is 6.61. The van der Waals surface area contributed by atoms with Crippen LogP contribution in [0, 0.1) is 0 Å². The Bertz CT molecular complexity index is 1180. The van der Waals surface area contributed by atoms with E-state index in [1.54, 1.807) is 24.3 Å². The Balaban J connectivity index is 1.84. The van der Waals surface area contributed by atoms with Crippen LogP contribution >= 0.6 is 0 Å². The molecule has 0 spiro atoms. The van der Waals surface area contributed by atoms with E-state index in [1.807, 2.05) is 0 Å². The highest BCUT2D eigenvalue weighted by Gasteiger charge is 2.43. The Morgan fingerprint density at radius 3 is 2.29 bits per heavy atom. The summed E-state index contributed by atoms with van der Waals surface area (Å²) in [7, 11) is -1.57. The van der Waals surface area contributed by atoms with Crippen LogP contribution in [0.1, 0.15) is 22.8 Å². The molecule has 162 valence electrons. The third kappa shape index (κ3) is 4.15. The highest BCUT2D eigenvalue weighted by atomic mass is 32.2. The van der Waals surface area contributed by atoms with Gasteiger partial charge in [-0.3, -0.25) is 9.59 Å². The average molecular weight is 444 g/mol. The van der Waals surface area contributed by atoms with Crippen molar-refractivity contribution >= 4 is 38.4 Å². The highest BCUT2D eigenvalue weighted by Crippen LogP contribution is 2.36. The van der Waals surface area contributed by atoms with E-state index in [-0.39, 0.29) is 21.7 Å². The van der Waals surface area contributed by atoms with Crippen molar-refractivity contribution in [3.63, 3.8) is 0 Å². The summed E-state index contributed by atoms with van der Waals surface area (Å²) in [6, 6.07) is 12.3. The van der Waals surface area contributed by atoms with Gasteiger partial charge in [0.25, 0.3) is 15.9 Å². The summed E-state index contributed by atoms with van der Waals surface area (Å²) in [5.74, 6) is -1.71. The summed E-state index contributed by atoms with van der Waals surface area (Å²) < 4.78 is 36.3. The molecule has 2 aromatic rings. The van der Waals surface area contributed by atoms with Crippen LogP contribution in [0.3, 0.4) is 0 Å². The Kier molecular flexibility index (Phi) is 6.11. The molecule has 0 radical (unpaired) electrons. The van der Waals surface area contributed by atoms with E-state index in [0.29, 0.717) is 15.6 Å². The Labute approximate surface area is 179 Å². The average Bonchev–Trinajstić information content (AvgIpc) is 2.92. The second kappa shape index (κ2) is 8.60. The minimum absolute atomic E-state index is 0.00734. The molecule has 31 heavy (non-hydrogen) atoms. The van der Waals surface area contributed by atoms with Gasteiger partial charge in [-0.15, -0.1) is 0 Å². The number of hydrogen-bond donors (Lipinski definition) is 1. The summed E-state index contributed by atoms with van der Waals surface area (Å²) in [5, 5.41) is 2.46.